The van der Waals surface area contributed by atoms with Gasteiger partial charge in [-0.05, 0) is 44.4 Å². The van der Waals surface area contributed by atoms with E-state index < -0.39 is 0 Å². The number of ether oxygens (including phenoxy) is 1. The number of pyridine rings is 2. The van der Waals surface area contributed by atoms with Gasteiger partial charge in [-0.15, -0.1) is 0 Å². The van der Waals surface area contributed by atoms with Crippen molar-refractivity contribution in [3.8, 4) is 11.1 Å². The van der Waals surface area contributed by atoms with E-state index in [0.717, 1.165) is 60.7 Å². The molecule has 2 fully saturated rings. The van der Waals surface area contributed by atoms with Crippen LogP contribution in [-0.2, 0) is 4.74 Å². The summed E-state index contributed by atoms with van der Waals surface area (Å²) in [7, 11) is 0. The van der Waals surface area contributed by atoms with Crippen LogP contribution in [0.4, 0.5) is 11.6 Å². The van der Waals surface area contributed by atoms with Crippen molar-refractivity contribution in [2.24, 2.45) is 11.1 Å². The summed E-state index contributed by atoms with van der Waals surface area (Å²) in [5.74, 6) is 1.46. The topological polar surface area (TPSA) is 94.7 Å². The molecule has 2 saturated heterocycles. The minimum Gasteiger partial charge on any atom is -0.382 e. The highest BCUT2D eigenvalue weighted by atomic mass is 35.5. The smallest absolute Gasteiger partial charge is 0.146 e. The second-order valence-corrected chi connectivity index (χ2v) is 9.01. The summed E-state index contributed by atoms with van der Waals surface area (Å²) in [5, 5.41) is 0.461. The number of halogens is 1. The summed E-state index contributed by atoms with van der Waals surface area (Å²) in [5.41, 5.74) is 16.4. The fourth-order valence-electron chi connectivity index (χ4n) is 5.07. The molecule has 5 heterocycles. The number of aryl methyl sites for hydroxylation is 1. The summed E-state index contributed by atoms with van der Waals surface area (Å²) in [4.78, 5) is 11.2. The Bertz CT molecular complexity index is 1100. The average molecular weight is 427 g/mol. The molecule has 0 bridgehead atoms. The lowest BCUT2D eigenvalue weighted by atomic mass is 9.73. The van der Waals surface area contributed by atoms with Gasteiger partial charge in [-0.3, -0.25) is 4.40 Å². The average Bonchev–Trinajstić information content (AvgIpc) is 3.32. The first-order valence-corrected chi connectivity index (χ1v) is 10.8. The number of nitrogens with zero attached hydrogens (tertiary/aromatic N) is 4. The third-order valence-electron chi connectivity index (χ3n) is 6.97. The molecule has 8 heteroatoms. The van der Waals surface area contributed by atoms with Gasteiger partial charge in [-0.1, -0.05) is 11.6 Å². The van der Waals surface area contributed by atoms with Crippen LogP contribution < -0.4 is 16.4 Å². The van der Waals surface area contributed by atoms with Crippen LogP contribution >= 0.6 is 11.6 Å². The van der Waals surface area contributed by atoms with Gasteiger partial charge in [0.1, 0.15) is 17.3 Å². The molecular formula is C22H27ClN6O. The predicted molar refractivity (Wildman–Crippen MR) is 120 cm³/mol. The molecule has 1 spiro atoms. The molecule has 2 atom stereocenters. The van der Waals surface area contributed by atoms with Crippen LogP contribution in [0.5, 0.6) is 0 Å². The third-order valence-corrected chi connectivity index (χ3v) is 7.36. The molecule has 0 amide bonds. The summed E-state index contributed by atoms with van der Waals surface area (Å²) in [6.07, 6.45) is 7.71. The van der Waals surface area contributed by atoms with Crippen molar-refractivity contribution >= 4 is 28.9 Å². The molecule has 3 aromatic rings. The van der Waals surface area contributed by atoms with E-state index in [9.17, 15) is 0 Å². The van der Waals surface area contributed by atoms with E-state index >= 15 is 0 Å². The largest absolute Gasteiger partial charge is 0.382 e. The molecule has 2 unspecified atom stereocenters. The number of rotatable bonds is 2. The number of hydrogen-bond donors (Lipinski definition) is 2. The van der Waals surface area contributed by atoms with Gasteiger partial charge in [-0.25, -0.2) is 9.97 Å². The van der Waals surface area contributed by atoms with Crippen LogP contribution in [0.25, 0.3) is 16.8 Å². The van der Waals surface area contributed by atoms with Crippen molar-refractivity contribution in [1.29, 1.82) is 0 Å². The molecule has 7 nitrogen and oxygen atoms in total. The van der Waals surface area contributed by atoms with Gasteiger partial charge >= 0.3 is 0 Å². The van der Waals surface area contributed by atoms with Gasteiger partial charge in [0.15, 0.2) is 0 Å². The highest BCUT2D eigenvalue weighted by Crippen LogP contribution is 2.43. The lowest BCUT2D eigenvalue weighted by molar-refractivity contribution is 0.0974. The van der Waals surface area contributed by atoms with Crippen LogP contribution in [0, 0.1) is 12.3 Å². The number of nitrogen functional groups attached to an aromatic ring is 1. The Morgan fingerprint density at radius 2 is 2.00 bits per heavy atom. The first-order chi connectivity index (χ1) is 14.4. The zero-order valence-corrected chi connectivity index (χ0v) is 18.1. The molecular weight excluding hydrogens is 400 g/mol. The van der Waals surface area contributed by atoms with Gasteiger partial charge in [-0.2, -0.15) is 0 Å². The molecule has 0 aromatic carbocycles. The van der Waals surface area contributed by atoms with Crippen LogP contribution in [0.1, 0.15) is 25.3 Å². The Labute approximate surface area is 181 Å². The van der Waals surface area contributed by atoms with Crippen molar-refractivity contribution in [1.82, 2.24) is 14.4 Å². The highest BCUT2D eigenvalue weighted by molar-refractivity contribution is 6.35. The van der Waals surface area contributed by atoms with Gasteiger partial charge in [0.25, 0.3) is 0 Å². The molecule has 2 aliphatic rings. The van der Waals surface area contributed by atoms with E-state index in [0.29, 0.717) is 10.8 Å². The Balaban J connectivity index is 1.52. The molecule has 0 aliphatic carbocycles. The first-order valence-electron chi connectivity index (χ1n) is 10.4. The van der Waals surface area contributed by atoms with Crippen LogP contribution in [0.15, 0.2) is 30.7 Å². The highest BCUT2D eigenvalue weighted by Gasteiger charge is 2.47. The van der Waals surface area contributed by atoms with Crippen molar-refractivity contribution in [3.05, 3.63) is 41.3 Å². The number of nitrogens with two attached hydrogens (primary N) is 2. The Hall–Kier alpha value is -2.35. The molecule has 3 aromatic heterocycles. The van der Waals surface area contributed by atoms with Gasteiger partial charge in [0, 0.05) is 54.3 Å². The number of hydrogen-bond acceptors (Lipinski definition) is 6. The normalized spacial score (nSPS) is 23.5. The van der Waals surface area contributed by atoms with E-state index in [1.165, 1.54) is 0 Å². The van der Waals surface area contributed by atoms with E-state index in [4.69, 9.17) is 27.8 Å². The number of aromatic nitrogens is 3. The summed E-state index contributed by atoms with van der Waals surface area (Å²) in [6, 6.07) is 4.21. The van der Waals surface area contributed by atoms with E-state index in [1.807, 2.05) is 18.5 Å². The quantitative estimate of drug-likeness (QED) is 0.653. The van der Waals surface area contributed by atoms with Gasteiger partial charge in [0.2, 0.25) is 0 Å². The lowest BCUT2D eigenvalue weighted by Gasteiger charge is -2.42. The fourth-order valence-corrected chi connectivity index (χ4v) is 5.27. The van der Waals surface area contributed by atoms with E-state index in [2.05, 4.69) is 39.2 Å². The summed E-state index contributed by atoms with van der Waals surface area (Å²) >= 11 is 6.49. The van der Waals surface area contributed by atoms with Crippen molar-refractivity contribution < 1.29 is 4.74 Å². The van der Waals surface area contributed by atoms with Crippen molar-refractivity contribution in [3.63, 3.8) is 0 Å². The van der Waals surface area contributed by atoms with Gasteiger partial charge in [0.05, 0.1) is 17.7 Å². The Kier molecular flexibility index (Phi) is 4.65. The maximum atomic E-state index is 6.49. The molecule has 0 saturated carbocycles. The third kappa shape index (κ3) is 2.87. The lowest BCUT2D eigenvalue weighted by Crippen LogP contribution is -2.50. The van der Waals surface area contributed by atoms with E-state index in [1.54, 1.807) is 6.20 Å². The second kappa shape index (κ2) is 7.11. The number of piperidine rings is 1. The van der Waals surface area contributed by atoms with Crippen LogP contribution in [0.2, 0.25) is 5.02 Å². The van der Waals surface area contributed by atoms with Gasteiger partial charge < -0.3 is 21.1 Å². The van der Waals surface area contributed by atoms with Crippen molar-refractivity contribution in [2.75, 3.05) is 30.3 Å². The maximum absolute atomic E-state index is 6.49. The zero-order chi connectivity index (χ0) is 21.0. The number of imidazole rings is 1. The predicted octanol–water partition coefficient (Wildman–Crippen LogP) is 3.27. The first kappa shape index (κ1) is 19.6. The fraction of sp³-hybridized carbons (Fsp3) is 0.455. The van der Waals surface area contributed by atoms with Crippen molar-refractivity contribution in [2.45, 2.75) is 38.8 Å². The molecule has 30 heavy (non-hydrogen) atoms. The minimum absolute atomic E-state index is 0.0983. The molecule has 5 rings (SSSR count). The summed E-state index contributed by atoms with van der Waals surface area (Å²) in [6.45, 7) is 6.83. The van der Waals surface area contributed by atoms with Crippen LogP contribution in [0.3, 0.4) is 0 Å². The standard InChI is InChI=1S/C22H27ClN6O/c1-13-11-16(28-8-4-22(5-9-28)12-30-14(2)19(22)24)29-10-7-27-21(29)17(13)15-3-6-26-20(25)18(15)23/h3,6-7,10-11,14,19H,4-5,8-9,12,24H2,1-2H3,(H2,25,26). The molecule has 2 aliphatic heterocycles. The number of fused-ring (bicyclic) bond motifs is 1. The number of anilines is 2. The SMILES string of the molecule is Cc1cc(N2CCC3(CC2)COC(C)C3N)n2ccnc2c1-c1ccnc(N)c1Cl. The monoisotopic (exact) mass is 426 g/mol. The molecule has 4 N–H and O–H groups in total. The Morgan fingerprint density at radius 3 is 2.70 bits per heavy atom. The minimum atomic E-state index is 0.0983. The maximum Gasteiger partial charge on any atom is 0.146 e. The molecule has 158 valence electrons. The Morgan fingerprint density at radius 1 is 1.23 bits per heavy atom. The van der Waals surface area contributed by atoms with E-state index in [-0.39, 0.29) is 17.6 Å². The molecule has 0 radical (unpaired) electrons. The second-order valence-electron chi connectivity index (χ2n) is 8.63. The zero-order valence-electron chi connectivity index (χ0n) is 17.3. The van der Waals surface area contributed by atoms with Crippen LogP contribution in [-0.4, -0.2) is 46.2 Å². The summed E-state index contributed by atoms with van der Waals surface area (Å²) < 4.78 is 8.02.